The lowest BCUT2D eigenvalue weighted by Crippen LogP contribution is -2.14. The monoisotopic (exact) mass is 508 g/mol. The lowest BCUT2D eigenvalue weighted by molar-refractivity contribution is -0.112. The van der Waals surface area contributed by atoms with E-state index in [4.69, 9.17) is 9.47 Å². The average molecular weight is 509 g/mol. The number of amides is 1. The summed E-state index contributed by atoms with van der Waals surface area (Å²) in [6, 6.07) is 17.0. The van der Waals surface area contributed by atoms with E-state index in [2.05, 4.69) is 21.2 Å². The Kier molecular flexibility index (Phi) is 7.86. The van der Waals surface area contributed by atoms with Gasteiger partial charge in [0.25, 0.3) is 5.91 Å². The summed E-state index contributed by atoms with van der Waals surface area (Å²) in [5, 5.41) is 12.4. The van der Waals surface area contributed by atoms with Gasteiger partial charge in [-0.05, 0) is 88.4 Å². The van der Waals surface area contributed by atoms with Gasteiger partial charge in [-0.25, -0.2) is 4.39 Å². The molecule has 0 unspecified atom stereocenters. The summed E-state index contributed by atoms with van der Waals surface area (Å²) >= 11 is 3.46. The van der Waals surface area contributed by atoms with Gasteiger partial charge in [-0.1, -0.05) is 24.3 Å². The Bertz CT molecular complexity index is 1260. The van der Waals surface area contributed by atoms with E-state index in [1.165, 1.54) is 25.3 Å². The van der Waals surface area contributed by atoms with E-state index in [9.17, 15) is 14.4 Å². The van der Waals surface area contributed by atoms with Gasteiger partial charge in [0, 0.05) is 5.69 Å². The molecular formula is C26H22BrFN2O3. The van der Waals surface area contributed by atoms with E-state index in [0.717, 1.165) is 11.1 Å². The zero-order valence-electron chi connectivity index (χ0n) is 18.4. The Labute approximate surface area is 200 Å². The smallest absolute Gasteiger partial charge is 0.266 e. The van der Waals surface area contributed by atoms with Crippen LogP contribution in [0.25, 0.3) is 6.08 Å². The first kappa shape index (κ1) is 24.0. The molecule has 7 heteroatoms. The molecule has 33 heavy (non-hydrogen) atoms. The fourth-order valence-corrected chi connectivity index (χ4v) is 3.71. The highest BCUT2D eigenvalue weighted by atomic mass is 79.9. The molecule has 0 aromatic heterocycles. The number of carbonyl (C=O) groups is 1. The van der Waals surface area contributed by atoms with Crippen LogP contribution in [0.3, 0.4) is 0 Å². The Morgan fingerprint density at radius 2 is 1.94 bits per heavy atom. The van der Waals surface area contributed by atoms with Crippen LogP contribution in [0, 0.1) is 31.0 Å². The van der Waals surface area contributed by atoms with E-state index in [0.29, 0.717) is 32.8 Å². The fourth-order valence-electron chi connectivity index (χ4n) is 3.14. The van der Waals surface area contributed by atoms with Crippen LogP contribution < -0.4 is 14.8 Å². The summed E-state index contributed by atoms with van der Waals surface area (Å²) in [7, 11) is 1.49. The van der Waals surface area contributed by atoms with Crippen LogP contribution in [-0.2, 0) is 11.4 Å². The van der Waals surface area contributed by atoms with Gasteiger partial charge in [-0.2, -0.15) is 5.26 Å². The molecule has 0 spiro atoms. The van der Waals surface area contributed by atoms with Crippen LogP contribution in [0.1, 0.15) is 22.3 Å². The maximum atomic E-state index is 13.4. The second-order valence-electron chi connectivity index (χ2n) is 7.32. The number of anilines is 1. The standard InChI is InChI=1S/C26H22BrFN2O3/c1-16-6-4-9-23(17(16)2)30-26(31)20(14-29)10-19-12-22(27)25(24(13-19)32-3)33-15-18-7-5-8-21(28)11-18/h4-13H,15H2,1-3H3,(H,30,31)/b20-10+. The highest BCUT2D eigenvalue weighted by Crippen LogP contribution is 2.38. The van der Waals surface area contributed by atoms with Crippen molar-refractivity contribution < 1.29 is 18.7 Å². The summed E-state index contributed by atoms with van der Waals surface area (Å²) in [6.45, 7) is 4.00. The van der Waals surface area contributed by atoms with Crippen LogP contribution in [0.2, 0.25) is 0 Å². The molecule has 0 aliphatic rings. The molecule has 0 aliphatic heterocycles. The van der Waals surface area contributed by atoms with Crippen LogP contribution in [-0.4, -0.2) is 13.0 Å². The molecule has 0 bridgehead atoms. The summed E-state index contributed by atoms with van der Waals surface area (Å²) < 4.78 is 25.3. The van der Waals surface area contributed by atoms with E-state index in [-0.39, 0.29) is 18.0 Å². The number of carbonyl (C=O) groups excluding carboxylic acids is 1. The van der Waals surface area contributed by atoms with Gasteiger partial charge in [0.05, 0.1) is 11.6 Å². The molecule has 3 aromatic rings. The molecule has 1 amide bonds. The van der Waals surface area contributed by atoms with Crippen LogP contribution >= 0.6 is 15.9 Å². The van der Waals surface area contributed by atoms with Gasteiger partial charge >= 0.3 is 0 Å². The third-order valence-corrected chi connectivity index (χ3v) is 5.64. The molecule has 0 atom stereocenters. The van der Waals surface area contributed by atoms with Crippen LogP contribution in [0.5, 0.6) is 11.5 Å². The van der Waals surface area contributed by atoms with Gasteiger partial charge in [0.1, 0.15) is 24.1 Å². The third kappa shape index (κ3) is 5.99. The van der Waals surface area contributed by atoms with Gasteiger partial charge < -0.3 is 14.8 Å². The molecule has 0 radical (unpaired) electrons. The van der Waals surface area contributed by atoms with Crippen molar-refractivity contribution >= 4 is 33.6 Å². The number of aryl methyl sites for hydroxylation is 1. The van der Waals surface area contributed by atoms with Crippen LogP contribution in [0.4, 0.5) is 10.1 Å². The predicted octanol–water partition coefficient (Wildman–Crippen LogP) is 6.34. The van der Waals surface area contributed by atoms with Crippen molar-refractivity contribution in [2.24, 2.45) is 0 Å². The maximum absolute atomic E-state index is 13.4. The van der Waals surface area contributed by atoms with Crippen molar-refractivity contribution in [1.29, 1.82) is 5.26 Å². The minimum atomic E-state index is -0.507. The zero-order chi connectivity index (χ0) is 24.0. The fraction of sp³-hybridized carbons (Fsp3) is 0.154. The van der Waals surface area contributed by atoms with Gasteiger partial charge in [-0.3, -0.25) is 4.79 Å². The highest BCUT2D eigenvalue weighted by molar-refractivity contribution is 9.10. The third-order valence-electron chi connectivity index (χ3n) is 5.05. The first-order chi connectivity index (χ1) is 15.8. The number of nitriles is 1. The number of benzene rings is 3. The van der Waals surface area contributed by atoms with Crippen LogP contribution in [0.15, 0.2) is 64.6 Å². The molecule has 0 heterocycles. The minimum Gasteiger partial charge on any atom is -0.493 e. The highest BCUT2D eigenvalue weighted by Gasteiger charge is 2.15. The zero-order valence-corrected chi connectivity index (χ0v) is 20.0. The predicted molar refractivity (Wildman–Crippen MR) is 130 cm³/mol. The molecule has 3 rings (SSSR count). The summed E-state index contributed by atoms with van der Waals surface area (Å²) in [5.74, 6) is -0.0185. The first-order valence-electron chi connectivity index (χ1n) is 10.1. The number of halogens is 2. The number of hydrogen-bond acceptors (Lipinski definition) is 4. The molecule has 0 saturated carbocycles. The Morgan fingerprint density at radius 1 is 1.18 bits per heavy atom. The SMILES string of the molecule is COc1cc(/C=C(\C#N)C(=O)Nc2cccc(C)c2C)cc(Br)c1OCc1cccc(F)c1. The van der Waals surface area contributed by atoms with E-state index >= 15 is 0 Å². The van der Waals surface area contributed by atoms with Gasteiger partial charge in [0.15, 0.2) is 11.5 Å². The Morgan fingerprint density at radius 3 is 2.64 bits per heavy atom. The topological polar surface area (TPSA) is 71.3 Å². The normalized spacial score (nSPS) is 11.0. The Hall–Kier alpha value is -3.63. The van der Waals surface area contributed by atoms with Crippen molar-refractivity contribution in [3.8, 4) is 17.6 Å². The molecule has 168 valence electrons. The Balaban J connectivity index is 1.84. The van der Waals surface area contributed by atoms with E-state index in [1.807, 2.05) is 32.0 Å². The first-order valence-corrected chi connectivity index (χ1v) is 10.9. The lowest BCUT2D eigenvalue weighted by atomic mass is 10.1. The quantitative estimate of drug-likeness (QED) is 0.298. The number of hydrogen-bond donors (Lipinski definition) is 1. The number of methoxy groups -OCH3 is 1. The summed E-state index contributed by atoms with van der Waals surface area (Å²) in [5.41, 5.74) is 3.82. The van der Waals surface area contributed by atoms with Crippen molar-refractivity contribution in [2.75, 3.05) is 12.4 Å². The molecule has 0 fully saturated rings. The maximum Gasteiger partial charge on any atom is 0.266 e. The van der Waals surface area contributed by atoms with Crippen molar-refractivity contribution in [2.45, 2.75) is 20.5 Å². The molecular weight excluding hydrogens is 487 g/mol. The summed E-state index contributed by atoms with van der Waals surface area (Å²) in [6.07, 6.45) is 1.48. The molecule has 0 aliphatic carbocycles. The van der Waals surface area contributed by atoms with Crippen molar-refractivity contribution in [3.05, 3.63) is 92.7 Å². The number of ether oxygens (including phenoxy) is 2. The molecule has 0 saturated heterocycles. The van der Waals surface area contributed by atoms with Gasteiger partial charge in [-0.15, -0.1) is 0 Å². The number of rotatable bonds is 7. The molecule has 5 nitrogen and oxygen atoms in total. The molecule has 3 aromatic carbocycles. The minimum absolute atomic E-state index is 0.0571. The van der Waals surface area contributed by atoms with Crippen molar-refractivity contribution in [3.63, 3.8) is 0 Å². The average Bonchev–Trinajstić information content (AvgIpc) is 2.79. The summed E-state index contributed by atoms with van der Waals surface area (Å²) in [4.78, 5) is 12.7. The second kappa shape index (κ2) is 10.8. The largest absolute Gasteiger partial charge is 0.493 e. The lowest BCUT2D eigenvalue weighted by Gasteiger charge is -2.14. The second-order valence-corrected chi connectivity index (χ2v) is 8.18. The van der Waals surface area contributed by atoms with Crippen molar-refractivity contribution in [1.82, 2.24) is 0 Å². The van der Waals surface area contributed by atoms with Gasteiger partial charge in [0.2, 0.25) is 0 Å². The number of nitrogens with zero attached hydrogens (tertiary/aromatic N) is 1. The van der Waals surface area contributed by atoms with E-state index < -0.39 is 5.91 Å². The number of nitrogens with one attached hydrogen (secondary N) is 1. The molecule has 1 N–H and O–H groups in total. The van der Waals surface area contributed by atoms with E-state index in [1.54, 1.807) is 30.3 Å².